The Hall–Kier alpha value is -7.63. The Balaban J connectivity index is 1.33. The Morgan fingerprint density at radius 1 is 0.676 bits per heavy atom. The fraction of sp³-hybridized carbons (Fsp3) is 0.743. The van der Waals surface area contributed by atoms with Crippen LogP contribution in [0.4, 0.5) is 13.2 Å². The number of nitrogens with zero attached hydrogens (tertiary/aromatic N) is 9. The first-order valence-corrected chi connectivity index (χ1v) is 37.8. The number of carboxylic acids is 1. The lowest BCUT2D eigenvalue weighted by Gasteiger charge is -2.45. The highest BCUT2D eigenvalue weighted by Crippen LogP contribution is 2.39. The molecule has 4 N–H and O–H groups in total. The average Bonchev–Trinajstić information content (AvgIpc) is 1.66. The van der Waals surface area contributed by atoms with Crippen LogP contribution in [0.5, 0.6) is 0 Å². The van der Waals surface area contributed by atoms with Gasteiger partial charge in [0.2, 0.25) is 70.9 Å². The molecule has 1 aromatic rings. The topological polar surface area (TPSA) is 317 Å². The number of morpholine rings is 1. The van der Waals surface area contributed by atoms with E-state index in [0.29, 0.717) is 44.9 Å². The molecule has 31 heteroatoms. The summed E-state index contributed by atoms with van der Waals surface area (Å²) in [4.78, 5) is 205. The number of fused-ring (bicyclic) bond motifs is 1. The van der Waals surface area contributed by atoms with Crippen molar-refractivity contribution in [3.8, 4) is 0 Å². The fourth-order valence-electron chi connectivity index (χ4n) is 15.9. The number of hydrogen-bond acceptors (Lipinski definition) is 14. The minimum absolute atomic E-state index is 0.0240. The van der Waals surface area contributed by atoms with E-state index in [2.05, 4.69) is 16.0 Å². The van der Waals surface area contributed by atoms with E-state index in [1.807, 2.05) is 20.8 Å². The lowest BCUT2D eigenvalue weighted by Crippen LogP contribution is -2.65. The molecule has 0 unspecified atom stereocenters. The van der Waals surface area contributed by atoms with Crippen molar-refractivity contribution in [2.75, 3.05) is 88.7 Å². The lowest BCUT2D eigenvalue weighted by molar-refractivity contribution is -0.160. The quantitative estimate of drug-likeness (QED) is 0.188. The molecule has 0 bridgehead atoms. The number of aryl methyl sites for hydroxylation is 1. The Morgan fingerprint density at radius 3 is 1.87 bits per heavy atom. The van der Waals surface area contributed by atoms with Crippen LogP contribution < -0.4 is 16.0 Å². The molecule has 3 aliphatic carbocycles. The molecule has 7 rings (SSSR count). The molecule has 6 fully saturated rings. The number of amides is 12. The average molecular weight is 1500 g/mol. The third-order valence-electron chi connectivity index (χ3n) is 22.9. The number of aliphatic carboxylic acids is 1. The van der Waals surface area contributed by atoms with Gasteiger partial charge < -0.3 is 69.9 Å². The Kier molecular flexibility index (Phi) is 30.0. The number of nitrogens with one attached hydrogen (secondary N) is 3. The van der Waals surface area contributed by atoms with Crippen molar-refractivity contribution in [1.82, 2.24) is 60.0 Å². The van der Waals surface area contributed by atoms with Crippen molar-refractivity contribution in [3.63, 3.8) is 0 Å². The van der Waals surface area contributed by atoms with Crippen LogP contribution in [0.1, 0.15) is 181 Å². The van der Waals surface area contributed by atoms with E-state index in [4.69, 9.17) is 16.3 Å². The predicted molar refractivity (Wildman–Crippen MR) is 382 cm³/mol. The molecule has 10 atom stereocenters. The summed E-state index contributed by atoms with van der Waals surface area (Å²) in [5, 5.41) is 18.0. The first kappa shape index (κ1) is 84.6. The molecule has 1 spiro atoms. The predicted octanol–water partition coefficient (Wildman–Crippen LogP) is 5.11. The minimum atomic E-state index is -4.81. The van der Waals surface area contributed by atoms with Crippen molar-refractivity contribution in [2.24, 2.45) is 23.7 Å². The molecule has 3 saturated carbocycles. The number of benzene rings is 1. The first-order valence-electron chi connectivity index (χ1n) is 37.5. The summed E-state index contributed by atoms with van der Waals surface area (Å²) in [6.45, 7) is 8.73. The SMILES string of the molecule is CC[C@H](C)[C@@H]1NC(=O)[C@@H](CC(C)C)N(C)C(=O)C[C@@H](C(=O)N2CCOCC2)N(C)C(=O)[C@H](C2CCCC2)N(C)C(=O)C2(CCCC2)NC(=O)[C@H](CCC(=O)O)N(C)C(=O)[C@H](CCc2ccc(C(F)(F)F)c(Cl)c2)NC(=O)CN(C)C(=O)[C@H](CC2CCCCC2)N(C)C(=O)[C@@H]2CCN2C(=O)[C@H](C)N(C)C1=O. The highest BCUT2D eigenvalue weighted by molar-refractivity contribution is 6.31. The largest absolute Gasteiger partial charge is 0.481 e. The molecular weight excluding hydrogens is 1390 g/mol. The molecule has 1 aromatic carbocycles. The van der Waals surface area contributed by atoms with Crippen molar-refractivity contribution in [3.05, 3.63) is 34.3 Å². The van der Waals surface area contributed by atoms with E-state index in [9.17, 15) is 47.0 Å². The van der Waals surface area contributed by atoms with Gasteiger partial charge in [-0.15, -0.1) is 0 Å². The first-order chi connectivity index (χ1) is 49.4. The molecule has 27 nitrogen and oxygen atoms in total. The lowest BCUT2D eigenvalue weighted by atomic mass is 9.84. The van der Waals surface area contributed by atoms with Gasteiger partial charge in [-0.25, -0.2) is 0 Å². The summed E-state index contributed by atoms with van der Waals surface area (Å²) >= 11 is 6.15. The molecule has 3 aliphatic heterocycles. The van der Waals surface area contributed by atoms with E-state index in [1.54, 1.807) is 6.92 Å². The minimum Gasteiger partial charge on any atom is -0.481 e. The Labute approximate surface area is 620 Å². The molecule has 3 heterocycles. The highest BCUT2D eigenvalue weighted by atomic mass is 35.5. The van der Waals surface area contributed by atoms with Gasteiger partial charge in [-0.05, 0) is 112 Å². The summed E-state index contributed by atoms with van der Waals surface area (Å²) in [5.74, 6) is -11.4. The standard InChI is InChI=1S/C74H112ClF3N12O15/c1-13-45(4)61-70(102)83(7)46(5)65(97)90-34-31-54(90)68(100)86(10)56(41-47-21-15-14-16-22-47)67(99)82(6)43-58(91)79-52(28-26-48-25-27-50(51(75)40-48)74(76,77)78)66(98)85(9)53(29-30-60(93)94)64(96)81-73(32-19-20-33-73)72(104)88(12)62(49-23-17-18-24-49)71(103)87(11)57(69(101)89-35-37-105-38-36-89)42-59(92)84(8)55(39-44(2)3)63(95)80-61/h25,27,40,44-47,49,52-57,61-62H,13-24,26,28-39,41-43H2,1-12H3,(H,79,91)(H,80,95)(H,81,96)(H,93,94)/t45-,46-,52-,53-,54-,55+,56-,57-,61-,62-/m0/s1. The van der Waals surface area contributed by atoms with Gasteiger partial charge in [0, 0.05) is 75.4 Å². The summed E-state index contributed by atoms with van der Waals surface area (Å²) in [6.07, 6.45) is 0.979. The van der Waals surface area contributed by atoms with Crippen molar-refractivity contribution in [1.29, 1.82) is 0 Å². The Morgan fingerprint density at radius 2 is 1.30 bits per heavy atom. The molecule has 6 aliphatic rings. The molecule has 0 aromatic heterocycles. The third kappa shape index (κ3) is 20.8. The summed E-state index contributed by atoms with van der Waals surface area (Å²) in [7, 11) is 9.61. The van der Waals surface area contributed by atoms with Crippen LogP contribution in [0.25, 0.3) is 0 Å². The van der Waals surface area contributed by atoms with Gasteiger partial charge in [-0.3, -0.25) is 62.3 Å². The number of halogens is 4. The van der Waals surface area contributed by atoms with Gasteiger partial charge in [0.1, 0.15) is 59.9 Å². The smallest absolute Gasteiger partial charge is 0.417 e. The second-order valence-corrected chi connectivity index (χ2v) is 30.9. The zero-order chi connectivity index (χ0) is 77.7. The van der Waals surface area contributed by atoms with E-state index >= 15 is 33.6 Å². The van der Waals surface area contributed by atoms with Gasteiger partial charge in [-0.1, -0.05) is 110 Å². The van der Waals surface area contributed by atoms with Crippen LogP contribution >= 0.6 is 11.6 Å². The van der Waals surface area contributed by atoms with Gasteiger partial charge in [0.05, 0.1) is 36.8 Å². The monoisotopic (exact) mass is 1500 g/mol. The Bertz CT molecular complexity index is 3320. The summed E-state index contributed by atoms with van der Waals surface area (Å²) < 4.78 is 47.4. The molecule has 105 heavy (non-hydrogen) atoms. The van der Waals surface area contributed by atoms with Crippen molar-refractivity contribution >= 4 is 88.5 Å². The van der Waals surface area contributed by atoms with Gasteiger partial charge >= 0.3 is 12.1 Å². The molecule has 0 radical (unpaired) electrons. The van der Waals surface area contributed by atoms with Gasteiger partial charge in [0.25, 0.3) is 0 Å². The van der Waals surface area contributed by atoms with Crippen LogP contribution in [-0.4, -0.2) is 275 Å². The number of alkyl halides is 3. The normalized spacial score (nSPS) is 27.4. The number of rotatable bonds is 14. The van der Waals surface area contributed by atoms with Crippen molar-refractivity contribution in [2.45, 2.75) is 242 Å². The second kappa shape index (κ2) is 37.3. The zero-order valence-corrected chi connectivity index (χ0v) is 64.0. The maximum Gasteiger partial charge on any atom is 0.417 e. The number of likely N-dealkylation sites (N-methyl/N-ethyl adjacent to an activating group) is 7. The van der Waals surface area contributed by atoms with Crippen LogP contribution in [-0.2, 0) is 79.7 Å². The maximum atomic E-state index is 15.8. The summed E-state index contributed by atoms with van der Waals surface area (Å²) in [5.41, 5.74) is -2.68. The zero-order valence-electron chi connectivity index (χ0n) is 63.2. The number of hydrogen-bond donors (Lipinski definition) is 4. The van der Waals surface area contributed by atoms with Crippen LogP contribution in [0.15, 0.2) is 18.2 Å². The molecule has 12 amide bonds. The van der Waals surface area contributed by atoms with Crippen LogP contribution in [0.2, 0.25) is 5.02 Å². The van der Waals surface area contributed by atoms with Crippen LogP contribution in [0.3, 0.4) is 0 Å². The van der Waals surface area contributed by atoms with Gasteiger partial charge in [-0.2, -0.15) is 13.2 Å². The fourth-order valence-corrected chi connectivity index (χ4v) is 16.2. The highest BCUT2D eigenvalue weighted by Gasteiger charge is 2.52. The maximum absolute atomic E-state index is 15.8. The molecular formula is C74H112ClF3N12O15. The van der Waals surface area contributed by atoms with Gasteiger partial charge in [0.15, 0.2) is 0 Å². The number of carbonyl (C=O) groups is 13. The molecule has 3 saturated heterocycles. The molecule has 586 valence electrons. The number of carbonyl (C=O) groups excluding carboxylic acids is 12. The van der Waals surface area contributed by atoms with E-state index in [0.717, 1.165) is 60.1 Å². The number of carboxylic acid groups (broad SMARTS) is 1. The van der Waals surface area contributed by atoms with Crippen LogP contribution in [0, 0.1) is 23.7 Å². The van der Waals surface area contributed by atoms with E-state index in [-0.39, 0.29) is 95.2 Å². The summed E-state index contributed by atoms with van der Waals surface area (Å²) in [6, 6.07) is -9.06. The van der Waals surface area contributed by atoms with E-state index < -0.39 is 191 Å². The number of ether oxygens (including phenoxy) is 1. The van der Waals surface area contributed by atoms with E-state index in [1.165, 1.54) is 90.6 Å². The van der Waals surface area contributed by atoms with Crippen molar-refractivity contribution < 1.29 is 85.3 Å². The third-order valence-corrected chi connectivity index (χ3v) is 23.3. The second-order valence-electron chi connectivity index (χ2n) is 30.5.